The molecule has 1 aliphatic carbocycles. The van der Waals surface area contributed by atoms with Gasteiger partial charge in [-0.1, -0.05) is 17.7 Å². The van der Waals surface area contributed by atoms with Crippen LogP contribution in [0.3, 0.4) is 0 Å². The van der Waals surface area contributed by atoms with E-state index in [1.165, 1.54) is 43.4 Å². The highest BCUT2D eigenvalue weighted by Crippen LogP contribution is 2.31. The van der Waals surface area contributed by atoms with Gasteiger partial charge in [0.2, 0.25) is 0 Å². The lowest BCUT2D eigenvalue weighted by Crippen LogP contribution is -2.18. The molecule has 3 rings (SSSR count). The van der Waals surface area contributed by atoms with Crippen molar-refractivity contribution < 1.29 is 4.74 Å². The van der Waals surface area contributed by atoms with Crippen molar-refractivity contribution in [1.29, 1.82) is 0 Å². The SMILES string of the molecule is COc1ccc(CC2=NCCC3=C2CCCC3)cc1. The van der Waals surface area contributed by atoms with E-state index in [1.54, 1.807) is 18.3 Å². The van der Waals surface area contributed by atoms with Crippen molar-refractivity contribution >= 4 is 5.71 Å². The fraction of sp³-hybridized carbons (Fsp3) is 0.471. The Morgan fingerprint density at radius 2 is 1.84 bits per heavy atom. The number of nitrogens with zero attached hydrogens (tertiary/aromatic N) is 1. The van der Waals surface area contributed by atoms with Gasteiger partial charge in [0.25, 0.3) is 0 Å². The molecule has 0 radical (unpaired) electrons. The van der Waals surface area contributed by atoms with Gasteiger partial charge >= 0.3 is 0 Å². The number of aliphatic imine (C=N–C) groups is 1. The van der Waals surface area contributed by atoms with Crippen LogP contribution in [0.1, 0.15) is 37.7 Å². The summed E-state index contributed by atoms with van der Waals surface area (Å²) in [7, 11) is 1.71. The number of hydrogen-bond acceptors (Lipinski definition) is 2. The Labute approximate surface area is 115 Å². The molecule has 0 spiro atoms. The number of allylic oxidation sites excluding steroid dienone is 1. The Balaban J connectivity index is 1.78. The van der Waals surface area contributed by atoms with E-state index in [2.05, 4.69) is 12.1 Å². The lowest BCUT2D eigenvalue weighted by Gasteiger charge is -2.25. The zero-order valence-electron chi connectivity index (χ0n) is 11.6. The second-order valence-corrected chi connectivity index (χ2v) is 5.39. The van der Waals surface area contributed by atoms with E-state index in [1.807, 2.05) is 12.1 Å². The third-order valence-corrected chi connectivity index (χ3v) is 4.18. The molecule has 19 heavy (non-hydrogen) atoms. The number of benzene rings is 1. The molecule has 1 heterocycles. The Hall–Kier alpha value is -1.57. The monoisotopic (exact) mass is 255 g/mol. The van der Waals surface area contributed by atoms with Crippen LogP contribution in [-0.2, 0) is 6.42 Å². The lowest BCUT2D eigenvalue weighted by atomic mass is 9.84. The van der Waals surface area contributed by atoms with Crippen molar-refractivity contribution in [3.05, 3.63) is 41.0 Å². The number of rotatable bonds is 3. The van der Waals surface area contributed by atoms with Crippen LogP contribution in [0, 0.1) is 0 Å². The van der Waals surface area contributed by atoms with E-state index in [4.69, 9.17) is 9.73 Å². The molecule has 0 atom stereocenters. The number of ether oxygens (including phenoxy) is 1. The van der Waals surface area contributed by atoms with E-state index >= 15 is 0 Å². The predicted octanol–water partition coefficient (Wildman–Crippen LogP) is 3.95. The summed E-state index contributed by atoms with van der Waals surface area (Å²) in [6, 6.07) is 8.38. The molecule has 1 aliphatic heterocycles. The summed E-state index contributed by atoms with van der Waals surface area (Å²) in [6.07, 6.45) is 7.42. The molecule has 100 valence electrons. The maximum atomic E-state index is 5.21. The highest BCUT2D eigenvalue weighted by molar-refractivity contribution is 6.02. The molecule has 0 saturated heterocycles. The molecule has 0 bridgehead atoms. The highest BCUT2D eigenvalue weighted by Gasteiger charge is 2.20. The van der Waals surface area contributed by atoms with Crippen LogP contribution in [0.25, 0.3) is 0 Å². The summed E-state index contributed by atoms with van der Waals surface area (Å²) in [6.45, 7) is 0.990. The number of hydrogen-bond donors (Lipinski definition) is 0. The van der Waals surface area contributed by atoms with E-state index in [-0.39, 0.29) is 0 Å². The largest absolute Gasteiger partial charge is 0.497 e. The Bertz CT molecular complexity index is 511. The molecule has 2 aliphatic rings. The van der Waals surface area contributed by atoms with Crippen LogP contribution in [-0.4, -0.2) is 19.4 Å². The first kappa shape index (κ1) is 12.5. The van der Waals surface area contributed by atoms with Gasteiger partial charge in [-0.25, -0.2) is 0 Å². The van der Waals surface area contributed by atoms with Gasteiger partial charge in [-0.3, -0.25) is 4.99 Å². The predicted molar refractivity (Wildman–Crippen MR) is 79.1 cm³/mol. The van der Waals surface area contributed by atoms with Crippen LogP contribution in [0.2, 0.25) is 0 Å². The van der Waals surface area contributed by atoms with E-state index < -0.39 is 0 Å². The fourth-order valence-electron chi connectivity index (χ4n) is 3.11. The standard InChI is InChI=1S/C17H21NO/c1-19-15-8-6-13(7-9-15)12-17-16-5-3-2-4-14(16)10-11-18-17/h6-9H,2-5,10-12H2,1H3. The minimum Gasteiger partial charge on any atom is -0.497 e. The molecule has 2 heteroatoms. The summed E-state index contributed by atoms with van der Waals surface area (Å²) in [5, 5.41) is 0. The highest BCUT2D eigenvalue weighted by atomic mass is 16.5. The topological polar surface area (TPSA) is 21.6 Å². The van der Waals surface area contributed by atoms with Crippen LogP contribution in [0.5, 0.6) is 5.75 Å². The zero-order valence-corrected chi connectivity index (χ0v) is 11.6. The molecular formula is C17H21NO. The third kappa shape index (κ3) is 2.73. The molecule has 0 unspecified atom stereocenters. The van der Waals surface area contributed by atoms with Crippen LogP contribution in [0.15, 0.2) is 40.4 Å². The minimum absolute atomic E-state index is 0.923. The van der Waals surface area contributed by atoms with Gasteiger partial charge in [0.05, 0.1) is 7.11 Å². The maximum Gasteiger partial charge on any atom is 0.118 e. The van der Waals surface area contributed by atoms with Gasteiger partial charge < -0.3 is 4.74 Å². The molecule has 0 fully saturated rings. The average molecular weight is 255 g/mol. The Morgan fingerprint density at radius 3 is 2.63 bits per heavy atom. The number of methoxy groups -OCH3 is 1. The molecule has 0 saturated carbocycles. The second-order valence-electron chi connectivity index (χ2n) is 5.39. The van der Waals surface area contributed by atoms with Crippen LogP contribution in [0.4, 0.5) is 0 Å². The molecule has 0 aromatic heterocycles. The van der Waals surface area contributed by atoms with Crippen molar-refractivity contribution in [2.24, 2.45) is 4.99 Å². The molecule has 2 nitrogen and oxygen atoms in total. The fourth-order valence-corrected chi connectivity index (χ4v) is 3.11. The summed E-state index contributed by atoms with van der Waals surface area (Å²) in [5.74, 6) is 0.923. The third-order valence-electron chi connectivity index (χ3n) is 4.18. The van der Waals surface area contributed by atoms with Crippen molar-refractivity contribution in [1.82, 2.24) is 0 Å². The van der Waals surface area contributed by atoms with Crippen LogP contribution >= 0.6 is 0 Å². The summed E-state index contributed by atoms with van der Waals surface area (Å²) in [5.41, 5.74) is 5.93. The first-order valence-corrected chi connectivity index (χ1v) is 7.24. The maximum absolute atomic E-state index is 5.21. The Morgan fingerprint density at radius 1 is 1.05 bits per heavy atom. The normalized spacial score (nSPS) is 18.9. The Kier molecular flexibility index (Phi) is 3.67. The van der Waals surface area contributed by atoms with E-state index in [9.17, 15) is 0 Å². The summed E-state index contributed by atoms with van der Waals surface area (Å²) < 4.78 is 5.21. The molecule has 1 aromatic rings. The first-order valence-electron chi connectivity index (χ1n) is 7.24. The average Bonchev–Trinajstić information content (AvgIpc) is 2.48. The van der Waals surface area contributed by atoms with Crippen molar-refractivity contribution in [2.75, 3.05) is 13.7 Å². The summed E-state index contributed by atoms with van der Waals surface area (Å²) >= 11 is 0. The van der Waals surface area contributed by atoms with Crippen LogP contribution < -0.4 is 4.74 Å². The zero-order chi connectivity index (χ0) is 13.1. The van der Waals surface area contributed by atoms with Gasteiger partial charge in [-0.15, -0.1) is 0 Å². The number of dihydropyridines is 1. The van der Waals surface area contributed by atoms with Gasteiger partial charge in [-0.05, 0) is 55.4 Å². The minimum atomic E-state index is 0.923. The van der Waals surface area contributed by atoms with Gasteiger partial charge in [0, 0.05) is 18.7 Å². The van der Waals surface area contributed by atoms with Gasteiger partial charge in [0.1, 0.15) is 5.75 Å². The molecule has 0 N–H and O–H groups in total. The molecular weight excluding hydrogens is 234 g/mol. The lowest BCUT2D eigenvalue weighted by molar-refractivity contribution is 0.414. The second kappa shape index (κ2) is 5.60. The van der Waals surface area contributed by atoms with Gasteiger partial charge in [-0.2, -0.15) is 0 Å². The van der Waals surface area contributed by atoms with Crippen molar-refractivity contribution in [3.63, 3.8) is 0 Å². The smallest absolute Gasteiger partial charge is 0.118 e. The van der Waals surface area contributed by atoms with E-state index in [0.29, 0.717) is 0 Å². The van der Waals surface area contributed by atoms with Gasteiger partial charge in [0.15, 0.2) is 0 Å². The molecule has 0 amide bonds. The van der Waals surface area contributed by atoms with Crippen molar-refractivity contribution in [2.45, 2.75) is 38.5 Å². The van der Waals surface area contributed by atoms with E-state index in [0.717, 1.165) is 18.7 Å². The molecule has 1 aromatic carbocycles. The summed E-state index contributed by atoms with van der Waals surface area (Å²) in [4.78, 5) is 4.78. The van der Waals surface area contributed by atoms with Crippen molar-refractivity contribution in [3.8, 4) is 5.75 Å². The first-order chi connectivity index (χ1) is 9.36. The quantitative estimate of drug-likeness (QED) is 0.801.